The fourth-order valence-corrected chi connectivity index (χ4v) is 1.24. The van der Waals surface area contributed by atoms with Crippen LogP contribution in [0.4, 0.5) is 0 Å². The number of carbonyl (C=O) groups is 2. The molecule has 6 heteroatoms. The minimum absolute atomic E-state index is 0.127. The van der Waals surface area contributed by atoms with E-state index in [1.165, 1.54) is 19.4 Å². The third-order valence-corrected chi connectivity index (χ3v) is 2.37. The van der Waals surface area contributed by atoms with Crippen LogP contribution in [0.15, 0.2) is 12.3 Å². The summed E-state index contributed by atoms with van der Waals surface area (Å²) in [6.07, 6.45) is 8.41. The van der Waals surface area contributed by atoms with Crippen molar-refractivity contribution in [1.29, 1.82) is 0 Å². The number of nitrogens with one attached hydrogen (secondary N) is 1. The zero-order valence-electron chi connectivity index (χ0n) is 10.5. The molecule has 0 spiro atoms. The number of aliphatic hydroxyl groups excluding tert-OH is 1. The fourth-order valence-electron chi connectivity index (χ4n) is 1.24. The van der Waals surface area contributed by atoms with Crippen molar-refractivity contribution in [2.45, 2.75) is 18.6 Å². The first-order chi connectivity index (χ1) is 8.58. The Morgan fingerprint density at radius 3 is 2.78 bits per heavy atom. The summed E-state index contributed by atoms with van der Waals surface area (Å²) in [6, 6.07) is -0.317. The quantitative estimate of drug-likeness (QED) is 0.333. The molecule has 0 aromatic rings. The van der Waals surface area contributed by atoms with E-state index in [1.807, 2.05) is 5.32 Å². The van der Waals surface area contributed by atoms with Crippen LogP contribution in [0, 0.1) is 12.3 Å². The zero-order valence-corrected chi connectivity index (χ0v) is 10.5. The number of hydrogen-bond acceptors (Lipinski definition) is 5. The van der Waals surface area contributed by atoms with Gasteiger partial charge in [0.25, 0.3) is 5.91 Å². The maximum Gasteiger partial charge on any atom is 0.251 e. The molecule has 0 aromatic carbocycles. The minimum atomic E-state index is -0.530. The summed E-state index contributed by atoms with van der Waals surface area (Å²) in [5.41, 5.74) is 0. The monoisotopic (exact) mass is 254 g/mol. The van der Waals surface area contributed by atoms with Gasteiger partial charge in [-0.25, -0.2) is 0 Å². The molecule has 0 saturated heterocycles. The van der Waals surface area contributed by atoms with Crippen LogP contribution in [-0.4, -0.2) is 55.2 Å². The highest BCUT2D eigenvalue weighted by Gasteiger charge is 2.15. The summed E-state index contributed by atoms with van der Waals surface area (Å²) >= 11 is 0. The molecule has 0 rings (SSSR count). The Morgan fingerprint density at radius 2 is 2.33 bits per heavy atom. The van der Waals surface area contributed by atoms with Crippen LogP contribution in [0.1, 0.15) is 6.42 Å². The van der Waals surface area contributed by atoms with E-state index >= 15 is 0 Å². The fraction of sp³-hybridized carbons (Fsp3) is 0.500. The van der Waals surface area contributed by atoms with E-state index in [1.54, 1.807) is 11.9 Å². The predicted octanol–water partition coefficient (Wildman–Crippen LogP) is -0.896. The molecule has 2 atom stereocenters. The molecule has 0 saturated carbocycles. The number of rotatable bonds is 8. The number of methoxy groups -OCH3 is 1. The topological polar surface area (TPSA) is 78.9 Å². The second kappa shape index (κ2) is 9.22. The highest BCUT2D eigenvalue weighted by molar-refractivity contribution is 5.94. The average Bonchev–Trinajstić information content (AvgIpc) is 2.38. The van der Waals surface area contributed by atoms with Gasteiger partial charge in [0.2, 0.25) is 6.41 Å². The molecule has 0 bridgehead atoms. The molecule has 2 amide bonds. The van der Waals surface area contributed by atoms with Gasteiger partial charge in [-0.3, -0.25) is 14.9 Å². The number of carbonyl (C=O) groups excluding carboxylic acids is 2. The number of aliphatic hydroxyl groups is 1. The lowest BCUT2D eigenvalue weighted by molar-refractivity contribution is -0.121. The number of amides is 2. The molecule has 0 aromatic heterocycles. The van der Waals surface area contributed by atoms with Crippen molar-refractivity contribution in [1.82, 2.24) is 10.2 Å². The van der Waals surface area contributed by atoms with E-state index in [0.717, 1.165) is 0 Å². The summed E-state index contributed by atoms with van der Waals surface area (Å²) in [6.45, 7) is -0.127. The maximum absolute atomic E-state index is 11.0. The molecule has 6 nitrogen and oxygen atoms in total. The molecule has 18 heavy (non-hydrogen) atoms. The highest BCUT2D eigenvalue weighted by atomic mass is 16.5. The van der Waals surface area contributed by atoms with E-state index in [4.69, 9.17) is 16.3 Å². The van der Waals surface area contributed by atoms with Crippen molar-refractivity contribution in [3.05, 3.63) is 12.3 Å². The third kappa shape index (κ3) is 6.03. The maximum atomic E-state index is 11.0. The van der Waals surface area contributed by atoms with Gasteiger partial charge in [-0.05, 0) is 0 Å². The summed E-state index contributed by atoms with van der Waals surface area (Å²) in [4.78, 5) is 22.7. The second-order valence-corrected chi connectivity index (χ2v) is 3.57. The Morgan fingerprint density at radius 1 is 1.67 bits per heavy atom. The van der Waals surface area contributed by atoms with Gasteiger partial charge in [0.05, 0.1) is 18.8 Å². The highest BCUT2D eigenvalue weighted by Crippen LogP contribution is 2.07. The lowest BCUT2D eigenvalue weighted by atomic mass is 10.1. The minimum Gasteiger partial charge on any atom is -0.394 e. The van der Waals surface area contributed by atoms with Gasteiger partial charge in [0.1, 0.15) is 0 Å². The van der Waals surface area contributed by atoms with Gasteiger partial charge >= 0.3 is 0 Å². The number of hydrogen-bond donors (Lipinski definition) is 2. The summed E-state index contributed by atoms with van der Waals surface area (Å²) in [7, 11) is 3.18. The van der Waals surface area contributed by atoms with Crippen LogP contribution >= 0.6 is 0 Å². The molecular formula is C12H18N2O4. The molecule has 100 valence electrons. The Balaban J connectivity index is 4.43. The smallest absolute Gasteiger partial charge is 0.251 e. The molecule has 0 radical (unpaired) electrons. The lowest BCUT2D eigenvalue weighted by Gasteiger charge is -2.25. The third-order valence-electron chi connectivity index (χ3n) is 2.37. The molecule has 2 unspecified atom stereocenters. The van der Waals surface area contributed by atoms with Crippen molar-refractivity contribution >= 4 is 12.3 Å². The SMILES string of the molecule is C#CC(CC(CO)OC)N(C)/C=C\C(=O)NC=O. The van der Waals surface area contributed by atoms with Crippen molar-refractivity contribution in [2.75, 3.05) is 20.8 Å². The second-order valence-electron chi connectivity index (χ2n) is 3.57. The molecule has 2 N–H and O–H groups in total. The standard InChI is InChI=1S/C12H18N2O4/c1-4-10(7-11(8-15)18-3)14(2)6-5-12(17)13-9-16/h1,5-6,9-11,15H,7-8H2,2-3H3,(H,13,16,17)/b6-5-. The average molecular weight is 254 g/mol. The van der Waals surface area contributed by atoms with E-state index in [0.29, 0.717) is 12.8 Å². The Kier molecular flexibility index (Phi) is 8.27. The largest absolute Gasteiger partial charge is 0.394 e. The van der Waals surface area contributed by atoms with Crippen molar-refractivity contribution in [2.24, 2.45) is 0 Å². The van der Waals surface area contributed by atoms with E-state index < -0.39 is 5.91 Å². The number of ether oxygens (including phenoxy) is 1. The first kappa shape index (κ1) is 16.2. The van der Waals surface area contributed by atoms with E-state index in [2.05, 4.69) is 5.92 Å². The molecule has 0 fully saturated rings. The van der Waals surface area contributed by atoms with Crippen molar-refractivity contribution in [3.63, 3.8) is 0 Å². The van der Waals surface area contributed by atoms with Gasteiger partial charge in [0.15, 0.2) is 0 Å². The van der Waals surface area contributed by atoms with Crippen molar-refractivity contribution in [3.8, 4) is 12.3 Å². The van der Waals surface area contributed by atoms with E-state index in [-0.39, 0.29) is 18.8 Å². The normalized spacial score (nSPS) is 13.7. The zero-order chi connectivity index (χ0) is 14.0. The van der Waals surface area contributed by atoms with Gasteiger partial charge < -0.3 is 14.7 Å². The van der Waals surface area contributed by atoms with Crippen LogP contribution < -0.4 is 5.32 Å². The van der Waals surface area contributed by atoms with Gasteiger partial charge in [-0.15, -0.1) is 6.42 Å². The van der Waals surface area contributed by atoms with Crippen LogP contribution in [0.5, 0.6) is 0 Å². The predicted molar refractivity (Wildman–Crippen MR) is 66.2 cm³/mol. The first-order valence-electron chi connectivity index (χ1n) is 5.33. The Bertz CT molecular complexity index is 331. The van der Waals surface area contributed by atoms with Gasteiger partial charge in [-0.2, -0.15) is 0 Å². The number of nitrogens with zero attached hydrogens (tertiary/aromatic N) is 1. The van der Waals surface area contributed by atoms with Gasteiger partial charge in [0, 0.05) is 32.9 Å². The number of terminal acetylenes is 1. The molecular weight excluding hydrogens is 236 g/mol. The van der Waals surface area contributed by atoms with Crippen LogP contribution in [0.2, 0.25) is 0 Å². The van der Waals surface area contributed by atoms with Crippen LogP contribution in [0.25, 0.3) is 0 Å². The molecule has 0 aliphatic heterocycles. The van der Waals surface area contributed by atoms with Crippen LogP contribution in [0.3, 0.4) is 0 Å². The van der Waals surface area contributed by atoms with Crippen molar-refractivity contribution < 1.29 is 19.4 Å². The number of imide groups is 1. The molecule has 0 heterocycles. The lowest BCUT2D eigenvalue weighted by Crippen LogP contribution is -2.32. The summed E-state index contributed by atoms with van der Waals surface area (Å²) in [5, 5.41) is 11.0. The van der Waals surface area contributed by atoms with Gasteiger partial charge in [-0.1, -0.05) is 5.92 Å². The van der Waals surface area contributed by atoms with E-state index in [9.17, 15) is 9.59 Å². The first-order valence-corrected chi connectivity index (χ1v) is 5.33. The Hall–Kier alpha value is -1.84. The molecule has 0 aliphatic rings. The summed E-state index contributed by atoms with van der Waals surface area (Å²) in [5.74, 6) is 2.01. The molecule has 0 aliphatic carbocycles. The Labute approximate surface area is 107 Å². The summed E-state index contributed by atoms with van der Waals surface area (Å²) < 4.78 is 5.02. The van der Waals surface area contributed by atoms with Crippen LogP contribution in [-0.2, 0) is 14.3 Å².